The van der Waals surface area contributed by atoms with Gasteiger partial charge in [-0.2, -0.15) is 0 Å². The third kappa shape index (κ3) is 1.57. The summed E-state index contributed by atoms with van der Waals surface area (Å²) in [5, 5.41) is 3.82. The van der Waals surface area contributed by atoms with Gasteiger partial charge in [-0.05, 0) is 46.3 Å². The molecule has 0 fully saturated rings. The number of rotatable bonds is 0. The molecule has 0 bridgehead atoms. The van der Waals surface area contributed by atoms with Gasteiger partial charge in [0.25, 0.3) is 0 Å². The Bertz CT molecular complexity index is 992. The highest BCUT2D eigenvalue weighted by molar-refractivity contribution is 7.41. The van der Waals surface area contributed by atoms with Gasteiger partial charge in [-0.25, -0.2) is 9.97 Å². The van der Waals surface area contributed by atoms with Gasteiger partial charge in [0.2, 0.25) is 5.28 Å². The number of hydrogen-bond acceptors (Lipinski definition) is 2. The van der Waals surface area contributed by atoms with E-state index in [1.807, 2.05) is 12.1 Å². The molecule has 4 aromatic rings. The summed E-state index contributed by atoms with van der Waals surface area (Å²) in [7, 11) is 0.0615. The van der Waals surface area contributed by atoms with Crippen LogP contribution < -0.4 is 0 Å². The van der Waals surface area contributed by atoms with Crippen molar-refractivity contribution in [3.63, 3.8) is 0 Å². The highest BCUT2D eigenvalue weighted by Crippen LogP contribution is 2.44. The van der Waals surface area contributed by atoms with E-state index in [9.17, 15) is 0 Å². The molecule has 4 rings (SSSR count). The fourth-order valence-corrected chi connectivity index (χ4v) is 4.94. The largest absolute Gasteiger partial charge is 0.224 e. The Labute approximate surface area is 127 Å². The summed E-state index contributed by atoms with van der Waals surface area (Å²) in [6.07, 6.45) is 2.24. The van der Waals surface area contributed by atoms with Crippen LogP contribution in [-0.4, -0.2) is 9.97 Å². The summed E-state index contributed by atoms with van der Waals surface area (Å²) >= 11 is 12.2. The van der Waals surface area contributed by atoms with Crippen LogP contribution in [0.4, 0.5) is 0 Å². The molecular weight excluding hydrogens is 311 g/mol. The van der Waals surface area contributed by atoms with E-state index < -0.39 is 0 Å². The molecule has 1 unspecified atom stereocenters. The predicted octanol–water partition coefficient (Wildman–Crippen LogP) is 5.53. The van der Waals surface area contributed by atoms with Crippen molar-refractivity contribution < 1.29 is 0 Å². The minimum Gasteiger partial charge on any atom is -0.217 e. The number of thiophene rings is 1. The van der Waals surface area contributed by atoms with E-state index in [-0.39, 0.29) is 15.8 Å². The third-order valence-corrected chi connectivity index (χ3v) is 6.05. The third-order valence-electron chi connectivity index (χ3n) is 3.57. The van der Waals surface area contributed by atoms with Gasteiger partial charge >= 0.3 is 0 Å². The lowest BCUT2D eigenvalue weighted by Gasteiger charge is -2.00. The van der Waals surface area contributed by atoms with Crippen LogP contribution in [0.2, 0.25) is 10.4 Å². The van der Waals surface area contributed by atoms with Crippen LogP contribution in [0.25, 0.3) is 31.1 Å². The van der Waals surface area contributed by atoms with Crippen LogP contribution in [0.5, 0.6) is 0 Å². The van der Waals surface area contributed by atoms with Gasteiger partial charge < -0.3 is 0 Å². The van der Waals surface area contributed by atoms with Crippen molar-refractivity contribution in [1.29, 1.82) is 0 Å². The van der Waals surface area contributed by atoms with Crippen LogP contribution in [0.1, 0.15) is 0 Å². The second kappa shape index (κ2) is 4.29. The van der Waals surface area contributed by atoms with E-state index in [2.05, 4.69) is 40.5 Å². The quantitative estimate of drug-likeness (QED) is 0.242. The minimum absolute atomic E-state index is 0.0615. The highest BCUT2D eigenvalue weighted by Gasteiger charge is 2.21. The van der Waals surface area contributed by atoms with E-state index in [0.717, 1.165) is 16.3 Å². The molecular formula is C15H9Cl2N2S+. The Morgan fingerprint density at radius 2 is 1.70 bits per heavy atom. The molecule has 0 radical (unpaired) electrons. The Morgan fingerprint density at radius 1 is 0.900 bits per heavy atom. The Kier molecular flexibility index (Phi) is 2.64. The number of fused-ring (bicyclic) bond motifs is 5. The van der Waals surface area contributed by atoms with Crippen molar-refractivity contribution in [2.24, 2.45) is 6.26 Å². The molecule has 0 aliphatic rings. The molecule has 0 aliphatic heterocycles. The molecule has 0 spiro atoms. The maximum atomic E-state index is 6.19. The van der Waals surface area contributed by atoms with Crippen molar-refractivity contribution >= 4 is 64.7 Å². The van der Waals surface area contributed by atoms with E-state index >= 15 is 0 Å². The second-order valence-corrected chi connectivity index (χ2v) is 7.22. The molecule has 2 aromatic heterocycles. The van der Waals surface area contributed by atoms with Crippen LogP contribution in [-0.2, 0) is 6.26 Å². The smallest absolute Gasteiger partial charge is 0.217 e. The van der Waals surface area contributed by atoms with E-state index in [1.165, 1.54) is 14.8 Å². The molecule has 2 heterocycles. The second-order valence-electron chi connectivity index (χ2n) is 4.62. The first-order valence-corrected chi connectivity index (χ1v) is 8.47. The number of benzene rings is 2. The summed E-state index contributed by atoms with van der Waals surface area (Å²) in [4.78, 5) is 8.44. The lowest BCUT2D eigenvalue weighted by atomic mass is 10.1. The summed E-state index contributed by atoms with van der Waals surface area (Å²) < 4.78 is 2.64. The normalized spacial score (nSPS) is 12.7. The fourth-order valence-electron chi connectivity index (χ4n) is 2.69. The molecule has 0 saturated heterocycles. The van der Waals surface area contributed by atoms with Crippen LogP contribution >= 0.6 is 33.7 Å². The molecule has 0 aliphatic carbocycles. The van der Waals surface area contributed by atoms with E-state index in [0.29, 0.717) is 5.15 Å². The zero-order chi connectivity index (χ0) is 13.9. The topological polar surface area (TPSA) is 25.8 Å². The Hall–Kier alpha value is -1.42. The molecule has 5 heteroatoms. The summed E-state index contributed by atoms with van der Waals surface area (Å²) in [6, 6.07) is 12.6. The van der Waals surface area contributed by atoms with E-state index in [4.69, 9.17) is 23.2 Å². The summed E-state index contributed by atoms with van der Waals surface area (Å²) in [5.74, 6) is 0. The fraction of sp³-hybridized carbons (Fsp3) is 0.0667. The van der Waals surface area contributed by atoms with Gasteiger partial charge in [0.05, 0.1) is 10.9 Å². The minimum atomic E-state index is 0.0615. The lowest BCUT2D eigenvalue weighted by molar-refractivity contribution is 1.23. The van der Waals surface area contributed by atoms with Gasteiger partial charge in [0.1, 0.15) is 11.4 Å². The monoisotopic (exact) mass is 319 g/mol. The number of halogens is 2. The zero-order valence-corrected chi connectivity index (χ0v) is 12.9. The number of hydrogen-bond donors (Lipinski definition) is 0. The maximum absolute atomic E-state index is 6.19. The summed E-state index contributed by atoms with van der Waals surface area (Å²) in [6.45, 7) is 0. The molecule has 0 amide bonds. The first kappa shape index (κ1) is 12.3. The molecule has 0 saturated carbocycles. The molecule has 2 aromatic carbocycles. The van der Waals surface area contributed by atoms with Gasteiger partial charge in [-0.1, -0.05) is 23.7 Å². The lowest BCUT2D eigenvalue weighted by Crippen LogP contribution is -1.87. The maximum Gasteiger partial charge on any atom is 0.224 e. The van der Waals surface area contributed by atoms with Crippen molar-refractivity contribution in [3.8, 4) is 0 Å². The predicted molar refractivity (Wildman–Crippen MR) is 88.0 cm³/mol. The molecule has 1 atom stereocenters. The highest BCUT2D eigenvalue weighted by atomic mass is 35.5. The van der Waals surface area contributed by atoms with Gasteiger partial charge in [0, 0.05) is 10.8 Å². The van der Waals surface area contributed by atoms with Crippen molar-refractivity contribution in [1.82, 2.24) is 9.97 Å². The number of aromatic nitrogens is 2. The number of aryl methyl sites for hydroxylation is 1. The first-order valence-electron chi connectivity index (χ1n) is 6.08. The van der Waals surface area contributed by atoms with Crippen molar-refractivity contribution in [2.75, 3.05) is 0 Å². The van der Waals surface area contributed by atoms with Crippen LogP contribution in [0.15, 0.2) is 36.4 Å². The Balaban J connectivity index is 2.39. The van der Waals surface area contributed by atoms with Gasteiger partial charge in [-0.3, -0.25) is 0 Å². The molecule has 2 nitrogen and oxygen atoms in total. The van der Waals surface area contributed by atoms with Crippen molar-refractivity contribution in [3.05, 3.63) is 46.8 Å². The average Bonchev–Trinajstić information content (AvgIpc) is 2.73. The standard InChI is InChI=1S/C15H9Cl2N2S/c1-20-10-5-3-2-4-8(10)12-11(20)7-6-9-13(12)18-15(17)19-14(9)16/h2-7H,1H3/q+1. The number of nitrogens with zero attached hydrogens (tertiary/aromatic N) is 2. The average molecular weight is 320 g/mol. The summed E-state index contributed by atoms with van der Waals surface area (Å²) in [5.41, 5.74) is 0.844. The van der Waals surface area contributed by atoms with Gasteiger partial charge in [0.15, 0.2) is 9.40 Å². The molecule has 0 N–H and O–H groups in total. The first-order chi connectivity index (χ1) is 9.66. The van der Waals surface area contributed by atoms with Crippen molar-refractivity contribution in [2.45, 2.75) is 0 Å². The van der Waals surface area contributed by atoms with Crippen LogP contribution in [0, 0.1) is 0 Å². The molecule has 98 valence electrons. The SMILES string of the molecule is C[s+]1c2ccccc2c2c3nc(Cl)nc(Cl)c3ccc21. The zero-order valence-electron chi connectivity index (χ0n) is 10.5. The Morgan fingerprint density at radius 3 is 2.55 bits per heavy atom. The van der Waals surface area contributed by atoms with E-state index in [1.54, 1.807) is 0 Å². The van der Waals surface area contributed by atoms with Gasteiger partial charge in [-0.15, -0.1) is 0 Å². The molecule has 20 heavy (non-hydrogen) atoms. The van der Waals surface area contributed by atoms with Crippen LogP contribution in [0.3, 0.4) is 0 Å².